The molecule has 1 aromatic carbocycles. The summed E-state index contributed by atoms with van der Waals surface area (Å²) in [4.78, 5) is 20.7. The number of anilines is 1. The first-order chi connectivity index (χ1) is 13.3. The molecule has 1 unspecified atom stereocenters. The van der Waals surface area contributed by atoms with Crippen molar-refractivity contribution in [3.8, 4) is 0 Å². The molecule has 152 valence electrons. The SMILES string of the molecule is O=c1c2ccc(N3CCN(CC(O)C(F)(F)F)CC3)cc2ncn1CC1CC1. The molecule has 28 heavy (non-hydrogen) atoms. The summed E-state index contributed by atoms with van der Waals surface area (Å²) in [6.07, 6.45) is -2.98. The van der Waals surface area contributed by atoms with Gasteiger partial charge in [0.05, 0.1) is 17.2 Å². The lowest BCUT2D eigenvalue weighted by Crippen LogP contribution is -2.50. The van der Waals surface area contributed by atoms with Gasteiger partial charge >= 0.3 is 6.18 Å². The highest BCUT2D eigenvalue weighted by Gasteiger charge is 2.39. The van der Waals surface area contributed by atoms with E-state index in [9.17, 15) is 23.1 Å². The first-order valence-electron chi connectivity index (χ1n) is 9.52. The van der Waals surface area contributed by atoms with E-state index in [0.29, 0.717) is 43.0 Å². The largest absolute Gasteiger partial charge is 0.415 e. The third-order valence-electron chi connectivity index (χ3n) is 5.51. The van der Waals surface area contributed by atoms with E-state index in [-0.39, 0.29) is 5.56 Å². The van der Waals surface area contributed by atoms with Crippen LogP contribution in [0.15, 0.2) is 29.3 Å². The lowest BCUT2D eigenvalue weighted by Gasteiger charge is -2.37. The van der Waals surface area contributed by atoms with Crippen LogP contribution in [0.5, 0.6) is 0 Å². The van der Waals surface area contributed by atoms with Crippen molar-refractivity contribution in [3.63, 3.8) is 0 Å². The molecule has 1 aromatic heterocycles. The molecule has 0 amide bonds. The Labute approximate surface area is 160 Å². The molecule has 4 rings (SSSR count). The number of rotatable bonds is 5. The number of halogens is 3. The number of benzene rings is 1. The van der Waals surface area contributed by atoms with Gasteiger partial charge in [0.1, 0.15) is 0 Å². The molecule has 2 aromatic rings. The minimum absolute atomic E-state index is 0.0330. The maximum Gasteiger partial charge on any atom is 0.415 e. The Morgan fingerprint density at radius 1 is 1.18 bits per heavy atom. The van der Waals surface area contributed by atoms with Gasteiger partial charge in [-0.25, -0.2) is 4.98 Å². The van der Waals surface area contributed by atoms with Gasteiger partial charge in [-0.2, -0.15) is 13.2 Å². The van der Waals surface area contributed by atoms with Crippen LogP contribution in [-0.4, -0.2) is 64.6 Å². The van der Waals surface area contributed by atoms with E-state index in [0.717, 1.165) is 25.1 Å². The van der Waals surface area contributed by atoms with Crippen LogP contribution in [0.4, 0.5) is 18.9 Å². The van der Waals surface area contributed by atoms with Crippen molar-refractivity contribution in [3.05, 3.63) is 34.9 Å². The number of β-amino-alcohol motifs (C(OH)–C–C–N with tert-alkyl or cyclic N) is 1. The van der Waals surface area contributed by atoms with Crippen LogP contribution in [0.25, 0.3) is 10.9 Å². The average Bonchev–Trinajstić information content (AvgIpc) is 3.48. The fourth-order valence-electron chi connectivity index (χ4n) is 3.59. The van der Waals surface area contributed by atoms with E-state index in [1.807, 2.05) is 12.1 Å². The minimum atomic E-state index is -4.59. The van der Waals surface area contributed by atoms with Crippen molar-refractivity contribution in [2.75, 3.05) is 37.6 Å². The molecule has 0 spiro atoms. The van der Waals surface area contributed by atoms with Crippen LogP contribution < -0.4 is 10.5 Å². The second-order valence-corrected chi connectivity index (χ2v) is 7.69. The van der Waals surface area contributed by atoms with E-state index in [2.05, 4.69) is 9.88 Å². The Kier molecular flexibility index (Phi) is 5.05. The van der Waals surface area contributed by atoms with Gasteiger partial charge in [0.15, 0.2) is 6.10 Å². The molecule has 1 aliphatic heterocycles. The van der Waals surface area contributed by atoms with E-state index < -0.39 is 18.8 Å². The molecule has 6 nitrogen and oxygen atoms in total. The number of nitrogens with zero attached hydrogens (tertiary/aromatic N) is 4. The molecule has 2 heterocycles. The number of alkyl halides is 3. The quantitative estimate of drug-likeness (QED) is 0.836. The maximum atomic E-state index is 12.6. The number of fused-ring (bicyclic) bond motifs is 1. The molecule has 1 saturated heterocycles. The predicted octanol–water partition coefficient (Wildman–Crippen LogP) is 1.85. The van der Waals surface area contributed by atoms with Crippen molar-refractivity contribution in [2.45, 2.75) is 31.7 Å². The zero-order chi connectivity index (χ0) is 19.9. The molecule has 1 N–H and O–H groups in total. The highest BCUT2D eigenvalue weighted by molar-refractivity contribution is 5.81. The molecular formula is C19H23F3N4O2. The summed E-state index contributed by atoms with van der Waals surface area (Å²) in [5, 5.41) is 9.81. The molecule has 0 radical (unpaired) electrons. The highest BCUT2D eigenvalue weighted by Crippen LogP contribution is 2.30. The number of aliphatic hydroxyl groups is 1. The Hall–Kier alpha value is -2.13. The van der Waals surface area contributed by atoms with E-state index >= 15 is 0 Å². The fourth-order valence-corrected chi connectivity index (χ4v) is 3.59. The molecule has 2 aliphatic rings. The van der Waals surface area contributed by atoms with Crippen LogP contribution in [-0.2, 0) is 6.54 Å². The Bertz CT molecular complexity index is 902. The first kappa shape index (κ1) is 19.2. The molecule has 1 saturated carbocycles. The monoisotopic (exact) mass is 396 g/mol. The highest BCUT2D eigenvalue weighted by atomic mass is 19.4. The summed E-state index contributed by atoms with van der Waals surface area (Å²) in [5.74, 6) is 0.586. The van der Waals surface area contributed by atoms with Gasteiger partial charge in [-0.15, -0.1) is 0 Å². The molecule has 2 fully saturated rings. The van der Waals surface area contributed by atoms with Crippen LogP contribution in [0.3, 0.4) is 0 Å². The van der Waals surface area contributed by atoms with Gasteiger partial charge < -0.3 is 10.0 Å². The van der Waals surface area contributed by atoms with E-state index in [4.69, 9.17) is 0 Å². The molecule has 0 bridgehead atoms. The fraction of sp³-hybridized carbons (Fsp3) is 0.579. The summed E-state index contributed by atoms with van der Waals surface area (Å²) in [6, 6.07) is 5.51. The van der Waals surface area contributed by atoms with Crippen molar-refractivity contribution < 1.29 is 18.3 Å². The number of hydrogen-bond acceptors (Lipinski definition) is 5. The summed E-state index contributed by atoms with van der Waals surface area (Å²) in [5.41, 5.74) is 1.49. The van der Waals surface area contributed by atoms with Crippen LogP contribution in [0.2, 0.25) is 0 Å². The zero-order valence-corrected chi connectivity index (χ0v) is 15.4. The number of aliphatic hydroxyl groups excluding tert-OH is 1. The third-order valence-corrected chi connectivity index (χ3v) is 5.51. The standard InChI is InChI=1S/C19H23F3N4O2/c20-19(21,22)17(27)11-24-5-7-25(8-6-24)14-3-4-15-16(9-14)23-12-26(18(15)28)10-13-1-2-13/h3-4,9,12-13,17,27H,1-2,5-8,10-11H2. The van der Waals surface area contributed by atoms with Gasteiger partial charge in [-0.1, -0.05) is 0 Å². The lowest BCUT2D eigenvalue weighted by molar-refractivity contribution is -0.208. The van der Waals surface area contributed by atoms with Gasteiger partial charge in [-0.05, 0) is 37.0 Å². The Morgan fingerprint density at radius 2 is 1.89 bits per heavy atom. The normalized spacial score (nSPS) is 19.9. The van der Waals surface area contributed by atoms with Gasteiger partial charge in [-0.3, -0.25) is 14.3 Å². The smallest absolute Gasteiger partial charge is 0.382 e. The summed E-state index contributed by atoms with van der Waals surface area (Å²) in [7, 11) is 0. The van der Waals surface area contributed by atoms with Gasteiger partial charge in [0.2, 0.25) is 0 Å². The van der Waals surface area contributed by atoms with Crippen molar-refractivity contribution >= 4 is 16.6 Å². The molecule has 1 aliphatic carbocycles. The van der Waals surface area contributed by atoms with E-state index in [1.165, 1.54) is 0 Å². The van der Waals surface area contributed by atoms with Crippen molar-refractivity contribution in [1.29, 1.82) is 0 Å². The summed E-state index contributed by atoms with van der Waals surface area (Å²) < 4.78 is 39.2. The van der Waals surface area contributed by atoms with Crippen molar-refractivity contribution in [2.24, 2.45) is 5.92 Å². The number of hydrogen-bond donors (Lipinski definition) is 1. The number of aromatic nitrogens is 2. The summed E-state index contributed by atoms with van der Waals surface area (Å²) in [6.45, 7) is 2.28. The van der Waals surface area contributed by atoms with Gasteiger partial charge in [0, 0.05) is 45.0 Å². The molecular weight excluding hydrogens is 373 g/mol. The van der Waals surface area contributed by atoms with Crippen molar-refractivity contribution in [1.82, 2.24) is 14.5 Å². The maximum absolute atomic E-state index is 12.6. The molecule has 1 atom stereocenters. The van der Waals surface area contributed by atoms with E-state index in [1.54, 1.807) is 21.9 Å². The average molecular weight is 396 g/mol. The van der Waals surface area contributed by atoms with Gasteiger partial charge in [0.25, 0.3) is 5.56 Å². The van der Waals surface area contributed by atoms with Crippen LogP contribution in [0.1, 0.15) is 12.8 Å². The minimum Gasteiger partial charge on any atom is -0.382 e. The lowest BCUT2D eigenvalue weighted by atomic mass is 10.2. The number of piperazine rings is 1. The predicted molar refractivity (Wildman–Crippen MR) is 99.4 cm³/mol. The summed E-state index contributed by atoms with van der Waals surface area (Å²) >= 11 is 0. The Balaban J connectivity index is 1.43. The second-order valence-electron chi connectivity index (χ2n) is 7.69. The Morgan fingerprint density at radius 3 is 2.54 bits per heavy atom. The first-order valence-corrected chi connectivity index (χ1v) is 9.52. The second kappa shape index (κ2) is 7.36. The third kappa shape index (κ3) is 4.15. The topological polar surface area (TPSA) is 61.6 Å². The van der Waals surface area contributed by atoms with Crippen LogP contribution >= 0.6 is 0 Å². The molecule has 9 heteroatoms. The van der Waals surface area contributed by atoms with Crippen LogP contribution in [0, 0.1) is 5.92 Å². The zero-order valence-electron chi connectivity index (χ0n) is 15.4.